The number of hydrogen-bond donors (Lipinski definition) is 6. The molecule has 0 aliphatic heterocycles. The van der Waals surface area contributed by atoms with Gasteiger partial charge in [-0.3, -0.25) is 0 Å². The fourth-order valence-corrected chi connectivity index (χ4v) is 2.68. The molecule has 30 heavy (non-hydrogen) atoms. The van der Waals surface area contributed by atoms with Crippen LogP contribution >= 0.6 is 0 Å². The molecule has 0 aromatic carbocycles. The summed E-state index contributed by atoms with van der Waals surface area (Å²) in [4.78, 5) is 46.6. The van der Waals surface area contributed by atoms with Gasteiger partial charge in [0.05, 0.1) is 0 Å². The molecule has 0 fully saturated rings. The molecule has 0 spiro atoms. The molecule has 3 atom stereocenters. The summed E-state index contributed by atoms with van der Waals surface area (Å²) in [7, 11) is 0. The van der Waals surface area contributed by atoms with E-state index in [2.05, 4.69) is 30.9 Å². The maximum atomic E-state index is 11.4. The molecule has 12 nitrogen and oxygen atoms in total. The van der Waals surface area contributed by atoms with Crippen molar-refractivity contribution in [1.29, 1.82) is 0 Å². The molecule has 0 aliphatic rings. The zero-order valence-corrected chi connectivity index (χ0v) is 17.4. The summed E-state index contributed by atoms with van der Waals surface area (Å²) in [6.07, 6.45) is 2.73. The number of hydrogen-bond acceptors (Lipinski definition) is 9. The lowest BCUT2D eigenvalue weighted by atomic mass is 10.2. The highest BCUT2D eigenvalue weighted by Gasteiger charge is 2.23. The number of nitrogens with zero attached hydrogens (tertiary/aromatic N) is 3. The van der Waals surface area contributed by atoms with E-state index in [9.17, 15) is 29.7 Å². The van der Waals surface area contributed by atoms with Crippen molar-refractivity contribution in [3.8, 4) is 0 Å². The van der Waals surface area contributed by atoms with Crippen LogP contribution in [0.4, 0.5) is 17.8 Å². The van der Waals surface area contributed by atoms with E-state index in [0.717, 1.165) is 0 Å². The Balaban J connectivity index is 3.26. The van der Waals surface area contributed by atoms with Gasteiger partial charge >= 0.3 is 17.9 Å². The summed E-state index contributed by atoms with van der Waals surface area (Å²) in [6, 6.07) is -2.89. The fraction of sp³-hybridized carbons (Fsp3) is 0.667. The molecule has 1 heterocycles. The van der Waals surface area contributed by atoms with Crippen molar-refractivity contribution in [3.05, 3.63) is 0 Å². The molecule has 1 aromatic rings. The summed E-state index contributed by atoms with van der Waals surface area (Å²) in [5.74, 6) is -3.58. The number of carboxylic acids is 3. The Morgan fingerprint density at radius 1 is 0.633 bits per heavy atom. The van der Waals surface area contributed by atoms with Gasteiger partial charge in [0.25, 0.3) is 0 Å². The second-order valence-corrected chi connectivity index (χ2v) is 6.78. The van der Waals surface area contributed by atoms with Crippen LogP contribution in [0.25, 0.3) is 0 Å². The smallest absolute Gasteiger partial charge is 0.326 e. The highest BCUT2D eigenvalue weighted by atomic mass is 16.4. The molecule has 0 aliphatic carbocycles. The summed E-state index contributed by atoms with van der Waals surface area (Å²) in [6.45, 7) is 5.49. The molecule has 1 rings (SSSR count). The molecule has 0 radical (unpaired) electrons. The van der Waals surface area contributed by atoms with Gasteiger partial charge in [-0.05, 0) is 19.3 Å². The Labute approximate surface area is 174 Å². The minimum Gasteiger partial charge on any atom is -0.480 e. The fourth-order valence-electron chi connectivity index (χ4n) is 2.68. The average Bonchev–Trinajstić information content (AvgIpc) is 2.66. The van der Waals surface area contributed by atoms with Crippen LogP contribution in [-0.2, 0) is 14.4 Å². The van der Waals surface area contributed by atoms with Gasteiger partial charge in [0.2, 0.25) is 17.8 Å². The SMILES string of the molecule is CCCC(Nc1nc(NC(CCC)C(=O)O)nc(NC(CCC)C(=O)O)n1)C(=O)O. The zero-order valence-electron chi connectivity index (χ0n) is 17.4. The van der Waals surface area contributed by atoms with Gasteiger partial charge in [-0.15, -0.1) is 0 Å². The largest absolute Gasteiger partial charge is 0.480 e. The summed E-state index contributed by atoms with van der Waals surface area (Å²) < 4.78 is 0. The first-order valence-corrected chi connectivity index (χ1v) is 9.95. The van der Waals surface area contributed by atoms with Gasteiger partial charge in [0, 0.05) is 0 Å². The van der Waals surface area contributed by atoms with E-state index in [0.29, 0.717) is 38.5 Å². The number of rotatable bonds is 15. The van der Waals surface area contributed by atoms with Crippen molar-refractivity contribution in [2.45, 2.75) is 77.4 Å². The topological polar surface area (TPSA) is 187 Å². The molecule has 3 unspecified atom stereocenters. The van der Waals surface area contributed by atoms with Gasteiger partial charge in [0.1, 0.15) is 18.1 Å². The number of nitrogens with one attached hydrogen (secondary N) is 3. The number of carbonyl (C=O) groups is 3. The van der Waals surface area contributed by atoms with Crippen LogP contribution in [-0.4, -0.2) is 66.3 Å². The van der Waals surface area contributed by atoms with E-state index in [-0.39, 0.29) is 17.8 Å². The molecule has 0 bridgehead atoms. The second kappa shape index (κ2) is 12.4. The molecule has 1 aromatic heterocycles. The first-order chi connectivity index (χ1) is 14.2. The Morgan fingerprint density at radius 3 is 1.03 bits per heavy atom. The van der Waals surface area contributed by atoms with E-state index in [1.165, 1.54) is 0 Å². The Kier molecular flexibility index (Phi) is 10.3. The first kappa shape index (κ1) is 24.9. The Bertz CT molecular complexity index is 624. The number of aliphatic carboxylic acids is 3. The van der Waals surface area contributed by atoms with Crippen molar-refractivity contribution >= 4 is 35.8 Å². The van der Waals surface area contributed by atoms with E-state index >= 15 is 0 Å². The molecule has 168 valence electrons. The monoisotopic (exact) mass is 426 g/mol. The predicted molar refractivity (Wildman–Crippen MR) is 110 cm³/mol. The predicted octanol–water partition coefficient (Wildman–Crippen LogP) is 1.87. The maximum Gasteiger partial charge on any atom is 0.326 e. The van der Waals surface area contributed by atoms with Crippen LogP contribution in [0.1, 0.15) is 59.3 Å². The molecule has 0 saturated heterocycles. The molecular weight excluding hydrogens is 396 g/mol. The third-order valence-corrected chi connectivity index (χ3v) is 4.17. The van der Waals surface area contributed by atoms with Gasteiger partial charge in [0.15, 0.2) is 0 Å². The maximum absolute atomic E-state index is 11.4. The Hall–Kier alpha value is -3.18. The van der Waals surface area contributed by atoms with Gasteiger partial charge in [-0.2, -0.15) is 15.0 Å². The van der Waals surface area contributed by atoms with Gasteiger partial charge < -0.3 is 31.3 Å². The summed E-state index contributed by atoms with van der Waals surface area (Å²) in [5.41, 5.74) is 0. The third kappa shape index (κ3) is 8.05. The lowest BCUT2D eigenvalue weighted by Gasteiger charge is -2.19. The minimum absolute atomic E-state index is 0.0999. The first-order valence-electron chi connectivity index (χ1n) is 9.95. The van der Waals surface area contributed by atoms with Crippen molar-refractivity contribution < 1.29 is 29.7 Å². The lowest BCUT2D eigenvalue weighted by Crippen LogP contribution is -2.33. The summed E-state index contributed by atoms with van der Waals surface area (Å²) >= 11 is 0. The quantitative estimate of drug-likeness (QED) is 0.239. The van der Waals surface area contributed by atoms with Crippen molar-refractivity contribution in [3.63, 3.8) is 0 Å². The van der Waals surface area contributed by atoms with Crippen molar-refractivity contribution in [2.75, 3.05) is 16.0 Å². The number of aromatic nitrogens is 3. The van der Waals surface area contributed by atoms with Crippen LogP contribution in [0.3, 0.4) is 0 Å². The molecular formula is C18H30N6O6. The van der Waals surface area contributed by atoms with Crippen LogP contribution in [0.5, 0.6) is 0 Å². The van der Waals surface area contributed by atoms with E-state index in [4.69, 9.17) is 0 Å². The van der Waals surface area contributed by atoms with E-state index in [1.807, 2.05) is 20.8 Å². The second-order valence-electron chi connectivity index (χ2n) is 6.78. The molecule has 0 amide bonds. The standard InChI is InChI=1S/C18H30N6O6/c1-4-7-10(13(25)26)19-16-22-17(20-11(8-5-2)14(27)28)24-18(23-16)21-12(9-6-3)15(29)30/h10-12H,4-9H2,1-3H3,(H,25,26)(H,27,28)(H,29,30)(H3,19,20,21,22,23,24). The van der Waals surface area contributed by atoms with Crippen LogP contribution in [0, 0.1) is 0 Å². The lowest BCUT2D eigenvalue weighted by molar-refractivity contribution is -0.139. The normalized spacial score (nSPS) is 13.7. The molecule has 6 N–H and O–H groups in total. The third-order valence-electron chi connectivity index (χ3n) is 4.17. The van der Waals surface area contributed by atoms with Crippen LogP contribution in [0.2, 0.25) is 0 Å². The van der Waals surface area contributed by atoms with Crippen molar-refractivity contribution in [2.24, 2.45) is 0 Å². The minimum atomic E-state index is -1.09. The van der Waals surface area contributed by atoms with Crippen molar-refractivity contribution in [1.82, 2.24) is 15.0 Å². The van der Waals surface area contributed by atoms with Gasteiger partial charge in [-0.25, -0.2) is 14.4 Å². The number of carboxylic acid groups (broad SMARTS) is 3. The highest BCUT2D eigenvalue weighted by molar-refractivity contribution is 5.78. The number of anilines is 3. The summed E-state index contributed by atoms with van der Waals surface area (Å²) in [5, 5.41) is 36.2. The Morgan fingerprint density at radius 2 is 0.867 bits per heavy atom. The van der Waals surface area contributed by atoms with Gasteiger partial charge in [-0.1, -0.05) is 40.0 Å². The average molecular weight is 426 g/mol. The van der Waals surface area contributed by atoms with E-state index < -0.39 is 36.0 Å². The molecule has 12 heteroatoms. The van der Waals surface area contributed by atoms with Crippen LogP contribution in [0.15, 0.2) is 0 Å². The highest BCUT2D eigenvalue weighted by Crippen LogP contribution is 2.16. The van der Waals surface area contributed by atoms with Crippen LogP contribution < -0.4 is 16.0 Å². The molecule has 0 saturated carbocycles. The van der Waals surface area contributed by atoms with E-state index in [1.54, 1.807) is 0 Å². The zero-order chi connectivity index (χ0) is 22.7.